The molecule has 23 heavy (non-hydrogen) atoms. The van der Waals surface area contributed by atoms with Crippen molar-refractivity contribution in [2.24, 2.45) is 0 Å². The molecule has 0 fully saturated rings. The van der Waals surface area contributed by atoms with Crippen molar-refractivity contribution >= 4 is 17.3 Å². The summed E-state index contributed by atoms with van der Waals surface area (Å²) in [6.07, 6.45) is 0.173. The van der Waals surface area contributed by atoms with Crippen LogP contribution >= 0.6 is 0 Å². The molecular weight excluding hydrogens is 304 g/mol. The number of anilines is 1. The normalized spacial score (nSPS) is 10.2. The van der Waals surface area contributed by atoms with Gasteiger partial charge in [0.05, 0.1) is 18.6 Å². The molecule has 0 aliphatic carbocycles. The second kappa shape index (κ2) is 8.14. The first kappa shape index (κ1) is 18.4. The van der Waals surface area contributed by atoms with Crippen LogP contribution in [0.1, 0.15) is 22.8 Å². The highest BCUT2D eigenvalue weighted by atomic mass is 16.6. The predicted octanol–water partition coefficient (Wildman–Crippen LogP) is 2.26. The van der Waals surface area contributed by atoms with Crippen molar-refractivity contribution in [3.05, 3.63) is 39.5 Å². The third-order valence-electron chi connectivity index (χ3n) is 3.07. The smallest absolute Gasteiger partial charge is 0.341 e. The largest absolute Gasteiger partial charge is 0.507 e. The zero-order valence-electron chi connectivity index (χ0n) is 13.3. The number of allylic oxidation sites excluding steroid dienone is 1. The van der Waals surface area contributed by atoms with Crippen LogP contribution in [0.25, 0.3) is 0 Å². The number of benzene rings is 1. The van der Waals surface area contributed by atoms with Gasteiger partial charge in [0, 0.05) is 25.3 Å². The van der Waals surface area contributed by atoms with E-state index < -0.39 is 10.9 Å². The highest BCUT2D eigenvalue weighted by molar-refractivity contribution is 5.96. The fraction of sp³-hybridized carbons (Fsp3) is 0.400. The Kier molecular flexibility index (Phi) is 6.52. The van der Waals surface area contributed by atoms with E-state index >= 15 is 0 Å². The summed E-state index contributed by atoms with van der Waals surface area (Å²) in [6.45, 7) is 6.09. The number of ether oxygens (including phenoxy) is 2. The molecule has 1 rings (SSSR count). The molecule has 0 amide bonds. The number of esters is 1. The van der Waals surface area contributed by atoms with E-state index in [2.05, 4.69) is 16.6 Å². The van der Waals surface area contributed by atoms with Crippen molar-refractivity contribution in [2.45, 2.75) is 13.3 Å². The van der Waals surface area contributed by atoms with Crippen LogP contribution < -0.4 is 5.32 Å². The van der Waals surface area contributed by atoms with Crippen LogP contribution in [-0.4, -0.2) is 43.4 Å². The van der Waals surface area contributed by atoms with Crippen LogP contribution in [0.3, 0.4) is 0 Å². The Balaban J connectivity index is 3.54. The molecule has 0 heterocycles. The van der Waals surface area contributed by atoms with Gasteiger partial charge >= 0.3 is 5.97 Å². The lowest BCUT2D eigenvalue weighted by Crippen LogP contribution is -2.13. The fourth-order valence-electron chi connectivity index (χ4n) is 2.07. The maximum Gasteiger partial charge on any atom is 0.341 e. The average Bonchev–Trinajstić information content (AvgIpc) is 2.49. The molecule has 0 unspecified atom stereocenters. The number of nitrogens with one attached hydrogen (secondary N) is 1. The number of hydrogen-bond acceptors (Lipinski definition) is 7. The summed E-state index contributed by atoms with van der Waals surface area (Å²) in [5, 5.41) is 24.6. The van der Waals surface area contributed by atoms with Gasteiger partial charge in [-0.3, -0.25) is 10.1 Å². The number of nitro benzene ring substituents is 1. The van der Waals surface area contributed by atoms with Crippen molar-refractivity contribution in [3.63, 3.8) is 0 Å². The summed E-state index contributed by atoms with van der Waals surface area (Å²) < 4.78 is 9.47. The first-order chi connectivity index (χ1) is 10.8. The summed E-state index contributed by atoms with van der Waals surface area (Å²) in [5.74, 6) is -1.21. The number of rotatable bonds is 8. The Morgan fingerprint density at radius 1 is 1.48 bits per heavy atom. The highest BCUT2D eigenvalue weighted by Crippen LogP contribution is 2.39. The van der Waals surface area contributed by atoms with E-state index in [1.807, 2.05) is 0 Å². The van der Waals surface area contributed by atoms with Crippen LogP contribution in [0.4, 0.5) is 11.4 Å². The van der Waals surface area contributed by atoms with Crippen LogP contribution in [0.5, 0.6) is 5.75 Å². The van der Waals surface area contributed by atoms with Crippen LogP contribution in [-0.2, 0) is 15.9 Å². The first-order valence-corrected chi connectivity index (χ1v) is 6.82. The molecule has 0 aliphatic rings. The predicted molar refractivity (Wildman–Crippen MR) is 85.0 cm³/mol. The summed E-state index contributed by atoms with van der Waals surface area (Å²) >= 11 is 0. The zero-order valence-corrected chi connectivity index (χ0v) is 13.3. The Morgan fingerprint density at radius 3 is 2.61 bits per heavy atom. The van der Waals surface area contributed by atoms with E-state index in [0.29, 0.717) is 18.7 Å². The van der Waals surface area contributed by atoms with Gasteiger partial charge in [-0.25, -0.2) is 4.79 Å². The maximum atomic E-state index is 11.8. The van der Waals surface area contributed by atoms with Crippen LogP contribution in [0, 0.1) is 10.1 Å². The molecule has 0 saturated heterocycles. The van der Waals surface area contributed by atoms with Gasteiger partial charge in [-0.2, -0.15) is 0 Å². The number of aromatic hydroxyl groups is 1. The third-order valence-corrected chi connectivity index (χ3v) is 3.07. The van der Waals surface area contributed by atoms with Crippen molar-refractivity contribution in [1.82, 2.24) is 0 Å². The number of methoxy groups -OCH3 is 2. The van der Waals surface area contributed by atoms with Gasteiger partial charge in [0.2, 0.25) is 0 Å². The Morgan fingerprint density at radius 2 is 2.13 bits per heavy atom. The SMILES string of the molecule is C=C(C)Cc1c(O)c(C(=O)OC)cc([N+](=O)[O-])c1NCCOC. The Hall–Kier alpha value is -2.61. The lowest BCUT2D eigenvalue weighted by atomic mass is 9.98. The number of nitrogens with zero attached hydrogens (tertiary/aromatic N) is 1. The number of hydrogen-bond donors (Lipinski definition) is 2. The first-order valence-electron chi connectivity index (χ1n) is 6.82. The minimum atomic E-state index is -0.850. The molecule has 0 aliphatic heterocycles. The average molecular weight is 324 g/mol. The van der Waals surface area contributed by atoms with Crippen molar-refractivity contribution in [3.8, 4) is 5.75 Å². The molecule has 0 bridgehead atoms. The van der Waals surface area contributed by atoms with Gasteiger partial charge in [0.25, 0.3) is 5.69 Å². The van der Waals surface area contributed by atoms with Gasteiger partial charge < -0.3 is 19.9 Å². The fourth-order valence-corrected chi connectivity index (χ4v) is 2.07. The number of carbonyl (C=O) groups is 1. The quantitative estimate of drug-likeness (QED) is 0.248. The summed E-state index contributed by atoms with van der Waals surface area (Å²) in [6, 6.07) is 0.998. The summed E-state index contributed by atoms with van der Waals surface area (Å²) in [5.41, 5.74) is 0.457. The van der Waals surface area contributed by atoms with Crippen molar-refractivity contribution < 1.29 is 24.3 Å². The van der Waals surface area contributed by atoms with Gasteiger partial charge in [0.15, 0.2) is 0 Å². The minimum Gasteiger partial charge on any atom is -0.507 e. The van der Waals surface area contributed by atoms with Gasteiger partial charge in [-0.1, -0.05) is 12.2 Å². The molecule has 0 aromatic heterocycles. The number of nitro groups is 1. The third kappa shape index (κ3) is 4.43. The van der Waals surface area contributed by atoms with Crippen molar-refractivity contribution in [2.75, 3.05) is 32.7 Å². The second-order valence-corrected chi connectivity index (χ2v) is 4.95. The van der Waals surface area contributed by atoms with E-state index in [1.54, 1.807) is 6.92 Å². The van der Waals surface area contributed by atoms with Gasteiger partial charge in [-0.05, 0) is 13.3 Å². The van der Waals surface area contributed by atoms with Gasteiger partial charge in [0.1, 0.15) is 17.0 Å². The zero-order chi connectivity index (χ0) is 17.6. The maximum absolute atomic E-state index is 11.8. The van der Waals surface area contributed by atoms with E-state index in [9.17, 15) is 20.0 Å². The van der Waals surface area contributed by atoms with Gasteiger partial charge in [-0.15, -0.1) is 0 Å². The molecule has 0 atom stereocenters. The lowest BCUT2D eigenvalue weighted by molar-refractivity contribution is -0.384. The molecule has 1 aromatic rings. The second-order valence-electron chi connectivity index (χ2n) is 4.95. The van der Waals surface area contributed by atoms with Crippen LogP contribution in [0.2, 0.25) is 0 Å². The number of phenolic OH excluding ortho intramolecular Hbond substituents is 1. The Labute approximate surface area is 133 Å². The standard InChI is InChI=1S/C15H20N2O6/c1-9(2)7-10-13(16-5-6-22-3)12(17(20)21)8-11(14(10)18)15(19)23-4/h8,16,18H,1,5-7H2,2-4H3. The van der Waals surface area contributed by atoms with E-state index in [1.165, 1.54) is 7.11 Å². The van der Waals surface area contributed by atoms with E-state index in [0.717, 1.165) is 13.2 Å². The van der Waals surface area contributed by atoms with E-state index in [4.69, 9.17) is 4.74 Å². The number of carbonyl (C=O) groups excluding carboxylic acids is 1. The molecule has 0 radical (unpaired) electrons. The number of phenols is 1. The monoisotopic (exact) mass is 324 g/mol. The molecule has 0 saturated carbocycles. The molecule has 2 N–H and O–H groups in total. The minimum absolute atomic E-state index is 0.139. The molecular formula is C15H20N2O6. The molecule has 1 aromatic carbocycles. The van der Waals surface area contributed by atoms with E-state index in [-0.39, 0.29) is 34.7 Å². The molecule has 0 spiro atoms. The highest BCUT2D eigenvalue weighted by Gasteiger charge is 2.27. The topological polar surface area (TPSA) is 111 Å². The van der Waals surface area contributed by atoms with Crippen LogP contribution in [0.15, 0.2) is 18.2 Å². The molecule has 126 valence electrons. The molecule has 8 nitrogen and oxygen atoms in total. The lowest BCUT2D eigenvalue weighted by Gasteiger charge is -2.16. The van der Waals surface area contributed by atoms with Crippen molar-refractivity contribution in [1.29, 1.82) is 0 Å². The Bertz CT molecular complexity index is 627. The summed E-state index contributed by atoms with van der Waals surface area (Å²) in [7, 11) is 2.64. The molecule has 8 heteroatoms. The summed E-state index contributed by atoms with van der Waals surface area (Å²) in [4.78, 5) is 22.5.